The molecule has 4 rings (SSSR count). The molecule has 196 valence electrons. The van der Waals surface area contributed by atoms with Crippen molar-refractivity contribution in [1.29, 1.82) is 0 Å². The van der Waals surface area contributed by atoms with Gasteiger partial charge in [0.2, 0.25) is 11.9 Å². The highest BCUT2D eigenvalue weighted by atomic mass is 16.3. The maximum absolute atomic E-state index is 11.0. The summed E-state index contributed by atoms with van der Waals surface area (Å²) in [6.45, 7) is 10.7. The number of aromatic nitrogens is 2. The van der Waals surface area contributed by atoms with E-state index in [1.165, 1.54) is 70.1 Å². The van der Waals surface area contributed by atoms with Crippen LogP contribution in [-0.2, 0) is 4.79 Å². The predicted octanol–water partition coefficient (Wildman–Crippen LogP) is 2.78. The van der Waals surface area contributed by atoms with Gasteiger partial charge in [0.1, 0.15) is 6.61 Å². The molecule has 8 nitrogen and oxygen atoms in total. The minimum atomic E-state index is -0.411. The molecule has 3 fully saturated rings. The largest absolute Gasteiger partial charge is 0.387 e. The summed E-state index contributed by atoms with van der Waals surface area (Å²) in [5.41, 5.74) is 1.31. The molecular formula is C27H46N6O2. The second-order valence-electron chi connectivity index (χ2n) is 11.0. The van der Waals surface area contributed by atoms with Crippen molar-refractivity contribution in [2.45, 2.75) is 95.7 Å². The molecule has 1 aromatic rings. The molecule has 3 aliphatic rings. The van der Waals surface area contributed by atoms with Crippen LogP contribution in [0.25, 0.3) is 0 Å². The van der Waals surface area contributed by atoms with E-state index in [2.05, 4.69) is 46.3 Å². The van der Waals surface area contributed by atoms with Gasteiger partial charge in [0.25, 0.3) is 0 Å². The number of carbonyl (C=O) groups excluding carboxylic acids is 1. The van der Waals surface area contributed by atoms with E-state index in [1.54, 1.807) is 0 Å². The third kappa shape index (κ3) is 7.14. The third-order valence-electron chi connectivity index (χ3n) is 8.31. The third-order valence-corrected chi connectivity index (χ3v) is 8.31. The van der Waals surface area contributed by atoms with Crippen LogP contribution in [0.5, 0.6) is 0 Å². The number of likely N-dealkylation sites (tertiary alicyclic amines) is 2. The van der Waals surface area contributed by atoms with E-state index in [9.17, 15) is 4.79 Å². The van der Waals surface area contributed by atoms with Crippen molar-refractivity contribution < 1.29 is 9.90 Å². The van der Waals surface area contributed by atoms with Gasteiger partial charge in [-0.25, -0.2) is 9.97 Å². The normalized spacial score (nSPS) is 23.8. The van der Waals surface area contributed by atoms with Crippen LogP contribution in [0, 0.1) is 0 Å². The fourth-order valence-electron chi connectivity index (χ4n) is 6.12. The SMILES string of the molecule is CC(C)N1CC2CCC(C1)N2c1ncc(C2CCN(CCCCCCCNC(=O)CO)CC2)cn1. The Hall–Kier alpha value is -1.77. The minimum Gasteiger partial charge on any atom is -0.387 e. The lowest BCUT2D eigenvalue weighted by atomic mass is 9.91. The Labute approximate surface area is 211 Å². The van der Waals surface area contributed by atoms with E-state index in [4.69, 9.17) is 15.1 Å². The van der Waals surface area contributed by atoms with E-state index in [1.807, 2.05) is 0 Å². The lowest BCUT2D eigenvalue weighted by molar-refractivity contribution is -0.123. The summed E-state index contributed by atoms with van der Waals surface area (Å²) in [4.78, 5) is 28.4. The summed E-state index contributed by atoms with van der Waals surface area (Å²) in [5, 5.41) is 11.4. The summed E-state index contributed by atoms with van der Waals surface area (Å²) >= 11 is 0. The Morgan fingerprint density at radius 3 is 2.26 bits per heavy atom. The summed E-state index contributed by atoms with van der Waals surface area (Å²) in [6, 6.07) is 1.75. The molecule has 3 saturated heterocycles. The predicted molar refractivity (Wildman–Crippen MR) is 140 cm³/mol. The van der Waals surface area contributed by atoms with Crippen molar-refractivity contribution in [2.24, 2.45) is 0 Å². The smallest absolute Gasteiger partial charge is 0.245 e. The van der Waals surface area contributed by atoms with Gasteiger partial charge in [-0.15, -0.1) is 0 Å². The number of piperidine rings is 1. The molecule has 0 saturated carbocycles. The number of aliphatic hydroxyl groups is 1. The zero-order valence-corrected chi connectivity index (χ0v) is 21.9. The Kier molecular flexibility index (Phi) is 9.75. The van der Waals surface area contributed by atoms with E-state index in [0.29, 0.717) is 30.6 Å². The Bertz CT molecular complexity index is 766. The molecule has 3 aliphatic heterocycles. The van der Waals surface area contributed by atoms with E-state index >= 15 is 0 Å². The van der Waals surface area contributed by atoms with Crippen LogP contribution in [0.15, 0.2) is 12.4 Å². The van der Waals surface area contributed by atoms with Crippen molar-refractivity contribution in [3.8, 4) is 0 Å². The number of unbranched alkanes of at least 4 members (excludes halogenated alkanes) is 4. The Morgan fingerprint density at radius 2 is 1.63 bits per heavy atom. The molecule has 0 radical (unpaired) electrons. The number of carbonyl (C=O) groups is 1. The van der Waals surface area contributed by atoms with E-state index in [-0.39, 0.29) is 5.91 Å². The van der Waals surface area contributed by atoms with Gasteiger partial charge in [0, 0.05) is 50.2 Å². The van der Waals surface area contributed by atoms with Gasteiger partial charge < -0.3 is 20.2 Å². The molecule has 0 aromatic carbocycles. The molecule has 2 unspecified atom stereocenters. The molecule has 1 amide bonds. The number of amides is 1. The molecule has 2 bridgehead atoms. The highest BCUT2D eigenvalue weighted by Crippen LogP contribution is 2.34. The standard InChI is InChI=1S/C27H46N6O2/c1-21(2)32-18-24-8-9-25(19-32)33(24)27-29-16-23(17-30-27)22-10-14-31(15-11-22)13-7-5-3-4-6-12-28-26(35)20-34/h16-17,21-22,24-25,34H,3-15,18-20H2,1-2H3,(H,28,35). The zero-order valence-electron chi connectivity index (χ0n) is 21.9. The molecule has 4 heterocycles. The first kappa shape index (κ1) is 26.3. The second kappa shape index (κ2) is 13.0. The lowest BCUT2D eigenvalue weighted by Gasteiger charge is -2.42. The zero-order chi connectivity index (χ0) is 24.6. The highest BCUT2D eigenvalue weighted by molar-refractivity contribution is 5.76. The van der Waals surface area contributed by atoms with Gasteiger partial charge in [-0.3, -0.25) is 9.69 Å². The summed E-state index contributed by atoms with van der Waals surface area (Å²) in [5.74, 6) is 1.25. The molecule has 8 heteroatoms. The summed E-state index contributed by atoms with van der Waals surface area (Å²) < 4.78 is 0. The first-order valence-electron chi connectivity index (χ1n) is 14.0. The second-order valence-corrected chi connectivity index (χ2v) is 11.0. The molecule has 0 spiro atoms. The monoisotopic (exact) mass is 486 g/mol. The molecule has 2 atom stereocenters. The van der Waals surface area contributed by atoms with Gasteiger partial charge in [0.05, 0.1) is 0 Å². The molecule has 2 N–H and O–H groups in total. The fraction of sp³-hybridized carbons (Fsp3) is 0.815. The van der Waals surface area contributed by atoms with Crippen LogP contribution >= 0.6 is 0 Å². The number of nitrogens with zero attached hydrogens (tertiary/aromatic N) is 5. The van der Waals surface area contributed by atoms with Gasteiger partial charge >= 0.3 is 0 Å². The van der Waals surface area contributed by atoms with Crippen LogP contribution in [0.3, 0.4) is 0 Å². The van der Waals surface area contributed by atoms with Crippen molar-refractivity contribution >= 4 is 11.9 Å². The number of aliphatic hydroxyl groups excluding tert-OH is 1. The molecule has 0 aliphatic carbocycles. The van der Waals surface area contributed by atoms with Crippen LogP contribution in [-0.4, -0.2) is 94.8 Å². The van der Waals surface area contributed by atoms with Crippen LogP contribution in [0.1, 0.15) is 83.1 Å². The van der Waals surface area contributed by atoms with Crippen molar-refractivity contribution in [1.82, 2.24) is 25.1 Å². The quantitative estimate of drug-likeness (QED) is 0.440. The van der Waals surface area contributed by atoms with Crippen LogP contribution in [0.4, 0.5) is 5.95 Å². The Morgan fingerprint density at radius 1 is 1.00 bits per heavy atom. The van der Waals surface area contributed by atoms with Gasteiger partial charge in [-0.2, -0.15) is 0 Å². The summed E-state index contributed by atoms with van der Waals surface area (Å²) in [7, 11) is 0. The first-order valence-corrected chi connectivity index (χ1v) is 14.0. The van der Waals surface area contributed by atoms with Crippen LogP contribution in [0.2, 0.25) is 0 Å². The number of nitrogens with one attached hydrogen (secondary N) is 1. The molecule has 1 aromatic heterocycles. The maximum Gasteiger partial charge on any atom is 0.245 e. The van der Waals surface area contributed by atoms with Gasteiger partial charge in [-0.05, 0) is 83.5 Å². The Balaban J connectivity index is 1.13. The van der Waals surface area contributed by atoms with Gasteiger partial charge in [-0.1, -0.05) is 19.3 Å². The van der Waals surface area contributed by atoms with E-state index in [0.717, 1.165) is 31.9 Å². The van der Waals surface area contributed by atoms with E-state index < -0.39 is 6.61 Å². The number of fused-ring (bicyclic) bond motifs is 2. The number of hydrogen-bond donors (Lipinski definition) is 2. The number of anilines is 1. The lowest BCUT2D eigenvalue weighted by Crippen LogP contribution is -2.56. The number of piperazine rings is 1. The maximum atomic E-state index is 11.0. The highest BCUT2D eigenvalue weighted by Gasteiger charge is 2.41. The average molecular weight is 487 g/mol. The van der Waals surface area contributed by atoms with Crippen LogP contribution < -0.4 is 10.2 Å². The summed E-state index contributed by atoms with van der Waals surface area (Å²) in [6.07, 6.45) is 15.0. The topological polar surface area (TPSA) is 84.8 Å². The molecule has 35 heavy (non-hydrogen) atoms. The van der Waals surface area contributed by atoms with Crippen molar-refractivity contribution in [2.75, 3.05) is 50.8 Å². The number of rotatable bonds is 12. The average Bonchev–Trinajstić information content (AvgIpc) is 3.14. The number of hydrogen-bond acceptors (Lipinski definition) is 7. The fourth-order valence-corrected chi connectivity index (χ4v) is 6.12. The first-order chi connectivity index (χ1) is 17.0. The van der Waals surface area contributed by atoms with Gasteiger partial charge in [0.15, 0.2) is 0 Å². The molecular weight excluding hydrogens is 440 g/mol. The minimum absolute atomic E-state index is 0.275. The van der Waals surface area contributed by atoms with Crippen molar-refractivity contribution in [3.05, 3.63) is 18.0 Å². The van der Waals surface area contributed by atoms with Crippen molar-refractivity contribution in [3.63, 3.8) is 0 Å².